The number of aromatic nitrogens is 3. The van der Waals surface area contributed by atoms with Crippen molar-refractivity contribution in [3.8, 4) is 0 Å². The third kappa shape index (κ3) is 4.26. The van der Waals surface area contributed by atoms with Crippen LogP contribution in [0.3, 0.4) is 0 Å². The molecule has 1 saturated carbocycles. The Morgan fingerprint density at radius 3 is 2.54 bits per heavy atom. The SMILES string of the molecule is Cc1ccc(C[NH+](C)Cn2nc(C3CC3)n(Cc3ccccc3)c2=S)c(C)c1. The molecule has 0 amide bonds. The normalized spacial score (nSPS) is 15.0. The highest BCUT2D eigenvalue weighted by Crippen LogP contribution is 2.39. The van der Waals surface area contributed by atoms with Gasteiger partial charge in [0.1, 0.15) is 12.4 Å². The van der Waals surface area contributed by atoms with Crippen molar-refractivity contribution in [3.05, 3.63) is 81.4 Å². The summed E-state index contributed by atoms with van der Waals surface area (Å²) in [7, 11) is 2.22. The first kappa shape index (κ1) is 19.1. The number of benzene rings is 2. The average Bonchev–Trinajstić information content (AvgIpc) is 3.47. The number of nitrogens with one attached hydrogen (secondary N) is 1. The Hall–Kier alpha value is -2.24. The van der Waals surface area contributed by atoms with Gasteiger partial charge in [0.25, 0.3) is 0 Å². The Labute approximate surface area is 172 Å². The number of hydrogen-bond donors (Lipinski definition) is 1. The summed E-state index contributed by atoms with van der Waals surface area (Å²) < 4.78 is 5.11. The van der Waals surface area contributed by atoms with E-state index in [1.54, 1.807) is 0 Å². The fourth-order valence-electron chi connectivity index (χ4n) is 3.80. The summed E-state index contributed by atoms with van der Waals surface area (Å²) in [6, 6.07) is 17.2. The lowest BCUT2D eigenvalue weighted by atomic mass is 10.1. The summed E-state index contributed by atoms with van der Waals surface area (Å²) >= 11 is 5.83. The topological polar surface area (TPSA) is 27.2 Å². The van der Waals surface area contributed by atoms with Crippen molar-refractivity contribution in [1.82, 2.24) is 14.3 Å². The summed E-state index contributed by atoms with van der Waals surface area (Å²) in [5.74, 6) is 1.74. The molecule has 1 atom stereocenters. The smallest absolute Gasteiger partial charge is 0.203 e. The maximum Gasteiger partial charge on any atom is 0.203 e. The molecule has 0 bridgehead atoms. The molecule has 28 heavy (non-hydrogen) atoms. The Morgan fingerprint density at radius 2 is 1.86 bits per heavy atom. The number of hydrogen-bond acceptors (Lipinski definition) is 2. The van der Waals surface area contributed by atoms with Gasteiger partial charge >= 0.3 is 0 Å². The van der Waals surface area contributed by atoms with Gasteiger partial charge < -0.3 is 4.90 Å². The van der Waals surface area contributed by atoms with Crippen LogP contribution in [0.1, 0.15) is 46.8 Å². The molecule has 4 nitrogen and oxygen atoms in total. The van der Waals surface area contributed by atoms with Crippen molar-refractivity contribution in [1.29, 1.82) is 0 Å². The van der Waals surface area contributed by atoms with Gasteiger partial charge in [-0.05, 0) is 50.0 Å². The molecule has 0 spiro atoms. The molecule has 0 radical (unpaired) electrons. The molecule has 1 fully saturated rings. The maximum absolute atomic E-state index is 5.83. The molecule has 1 aliphatic rings. The first-order chi connectivity index (χ1) is 13.5. The molecule has 1 aliphatic carbocycles. The molecule has 146 valence electrons. The predicted octanol–water partition coefficient (Wildman–Crippen LogP) is 3.63. The van der Waals surface area contributed by atoms with E-state index < -0.39 is 0 Å². The summed E-state index contributed by atoms with van der Waals surface area (Å²) in [6.07, 6.45) is 2.46. The standard InChI is InChI=1S/C23H28N4S/c1-17-9-10-21(18(2)13-17)15-25(3)16-27-23(28)26(22(24-27)20-11-12-20)14-19-7-5-4-6-8-19/h4-10,13,20H,11-12,14-16H2,1-3H3/p+1. The van der Waals surface area contributed by atoms with Crippen LogP contribution in [0, 0.1) is 18.6 Å². The van der Waals surface area contributed by atoms with E-state index >= 15 is 0 Å². The highest BCUT2D eigenvalue weighted by Gasteiger charge is 2.30. The largest absolute Gasteiger partial charge is 0.315 e. The molecule has 4 rings (SSSR count). The zero-order valence-corrected chi connectivity index (χ0v) is 17.8. The average molecular weight is 394 g/mol. The van der Waals surface area contributed by atoms with Crippen LogP contribution in [0.2, 0.25) is 0 Å². The van der Waals surface area contributed by atoms with E-state index in [-0.39, 0.29) is 0 Å². The third-order valence-electron chi connectivity index (χ3n) is 5.49. The van der Waals surface area contributed by atoms with Gasteiger partial charge in [-0.15, -0.1) is 0 Å². The van der Waals surface area contributed by atoms with Crippen molar-refractivity contribution in [3.63, 3.8) is 0 Å². The summed E-state index contributed by atoms with van der Waals surface area (Å²) in [5.41, 5.74) is 5.34. The minimum Gasteiger partial charge on any atom is -0.315 e. The summed E-state index contributed by atoms with van der Waals surface area (Å²) in [4.78, 5) is 1.38. The van der Waals surface area contributed by atoms with Crippen LogP contribution in [0.15, 0.2) is 48.5 Å². The van der Waals surface area contributed by atoms with Crippen molar-refractivity contribution in [2.45, 2.75) is 52.4 Å². The fourth-order valence-corrected chi connectivity index (χ4v) is 4.06. The number of nitrogens with zero attached hydrogens (tertiary/aromatic N) is 3. The van der Waals surface area contributed by atoms with E-state index in [9.17, 15) is 0 Å². The van der Waals surface area contributed by atoms with Crippen molar-refractivity contribution in [2.75, 3.05) is 7.05 Å². The molecule has 0 aliphatic heterocycles. The lowest BCUT2D eigenvalue weighted by Gasteiger charge is -2.15. The van der Waals surface area contributed by atoms with Gasteiger partial charge in [0.15, 0.2) is 6.67 Å². The maximum atomic E-state index is 5.83. The van der Waals surface area contributed by atoms with Crippen LogP contribution >= 0.6 is 12.2 Å². The molecule has 3 aromatic rings. The van der Waals surface area contributed by atoms with E-state index in [0.717, 1.165) is 30.4 Å². The molecule has 1 N–H and O–H groups in total. The van der Waals surface area contributed by atoms with E-state index in [1.165, 1.54) is 40.0 Å². The van der Waals surface area contributed by atoms with Crippen molar-refractivity contribution < 1.29 is 4.90 Å². The highest BCUT2D eigenvalue weighted by atomic mass is 32.1. The Kier molecular flexibility index (Phi) is 5.47. The molecule has 1 aromatic heterocycles. The molecular weight excluding hydrogens is 364 g/mol. The molecular formula is C23H29N4S+. The van der Waals surface area contributed by atoms with E-state index in [0.29, 0.717) is 5.92 Å². The van der Waals surface area contributed by atoms with E-state index in [4.69, 9.17) is 17.3 Å². The molecule has 2 aromatic carbocycles. The van der Waals surface area contributed by atoms with Crippen LogP contribution in [0.25, 0.3) is 0 Å². The monoisotopic (exact) mass is 393 g/mol. The van der Waals surface area contributed by atoms with E-state index in [2.05, 4.69) is 74.0 Å². The van der Waals surface area contributed by atoms with Crippen molar-refractivity contribution in [2.24, 2.45) is 0 Å². The number of rotatable bonds is 7. The highest BCUT2D eigenvalue weighted by molar-refractivity contribution is 7.71. The Bertz CT molecular complexity index is 1010. The summed E-state index contributed by atoms with van der Waals surface area (Å²) in [5, 5.41) is 4.94. The fraction of sp³-hybridized carbons (Fsp3) is 0.391. The second-order valence-corrected chi connectivity index (χ2v) is 8.57. The third-order valence-corrected chi connectivity index (χ3v) is 5.92. The van der Waals surface area contributed by atoms with E-state index in [1.807, 2.05) is 4.68 Å². The number of aryl methyl sites for hydroxylation is 2. The minimum atomic E-state index is 0.575. The van der Waals surface area contributed by atoms with Gasteiger partial charge in [0.05, 0.1) is 13.6 Å². The van der Waals surface area contributed by atoms with Gasteiger partial charge in [0.2, 0.25) is 4.77 Å². The Balaban J connectivity index is 1.54. The molecule has 1 heterocycles. The Morgan fingerprint density at radius 1 is 1.11 bits per heavy atom. The van der Waals surface area contributed by atoms with Gasteiger partial charge in [-0.2, -0.15) is 9.78 Å². The van der Waals surface area contributed by atoms with Crippen LogP contribution < -0.4 is 4.90 Å². The lowest BCUT2D eigenvalue weighted by molar-refractivity contribution is -0.917. The van der Waals surface area contributed by atoms with Crippen LogP contribution in [-0.2, 0) is 19.8 Å². The van der Waals surface area contributed by atoms with Gasteiger partial charge in [-0.25, -0.2) is 0 Å². The second-order valence-electron chi connectivity index (χ2n) is 8.21. The lowest BCUT2D eigenvalue weighted by Crippen LogP contribution is -3.07. The number of quaternary nitrogens is 1. The van der Waals surface area contributed by atoms with Gasteiger partial charge in [-0.3, -0.25) is 4.57 Å². The first-order valence-electron chi connectivity index (χ1n) is 10.1. The van der Waals surface area contributed by atoms with Crippen LogP contribution in [0.5, 0.6) is 0 Å². The molecule has 1 unspecified atom stereocenters. The van der Waals surface area contributed by atoms with Crippen LogP contribution in [0.4, 0.5) is 0 Å². The van der Waals surface area contributed by atoms with Gasteiger partial charge in [-0.1, -0.05) is 54.1 Å². The van der Waals surface area contributed by atoms with Gasteiger partial charge in [0, 0.05) is 11.5 Å². The second kappa shape index (κ2) is 8.02. The zero-order chi connectivity index (χ0) is 19.7. The van der Waals surface area contributed by atoms with Crippen LogP contribution in [-0.4, -0.2) is 21.4 Å². The quantitative estimate of drug-likeness (QED) is 0.621. The molecule has 5 heteroatoms. The van der Waals surface area contributed by atoms with Crippen molar-refractivity contribution >= 4 is 12.2 Å². The predicted molar refractivity (Wildman–Crippen MR) is 115 cm³/mol. The minimum absolute atomic E-state index is 0.575. The zero-order valence-electron chi connectivity index (χ0n) is 17.0. The first-order valence-corrected chi connectivity index (χ1v) is 10.5. The molecule has 0 saturated heterocycles. The summed E-state index contributed by atoms with van der Waals surface area (Å²) in [6.45, 7) is 6.90.